The maximum absolute atomic E-state index is 8.52. The molecule has 0 fully saturated rings. The Bertz CT molecular complexity index is 554. The van der Waals surface area contributed by atoms with E-state index in [1.54, 1.807) is 24.0 Å². The molecule has 9 heteroatoms. The molecule has 0 saturated heterocycles. The Morgan fingerprint density at radius 3 is 2.72 bits per heavy atom. The van der Waals surface area contributed by atoms with Crippen molar-refractivity contribution >= 4 is 40.7 Å². The quantitative estimate of drug-likeness (QED) is 0.292. The van der Waals surface area contributed by atoms with E-state index in [0.717, 1.165) is 13.6 Å². The second kappa shape index (κ2) is 6.03. The number of thioether (sulfide) groups is 1. The molecule has 18 heavy (non-hydrogen) atoms. The molecule has 2 aromatic rings. The lowest BCUT2D eigenvalue weighted by Crippen LogP contribution is -2.14. The van der Waals surface area contributed by atoms with Crippen LogP contribution < -0.4 is 5.73 Å². The second-order valence-electron chi connectivity index (χ2n) is 3.00. The summed E-state index contributed by atoms with van der Waals surface area (Å²) in [5.74, 6) is -0.00728. The SMILES string of the molecule is CSc1nnc(Sc2ccc(/C(N)=N/O)nc2)s1. The van der Waals surface area contributed by atoms with Crippen LogP contribution in [0.15, 0.2) is 37.1 Å². The summed E-state index contributed by atoms with van der Waals surface area (Å²) < 4.78 is 1.79. The number of amidine groups is 1. The third kappa shape index (κ3) is 3.12. The first kappa shape index (κ1) is 13.1. The molecule has 3 N–H and O–H groups in total. The van der Waals surface area contributed by atoms with Gasteiger partial charge in [0.05, 0.1) is 0 Å². The molecule has 0 saturated carbocycles. The molecule has 94 valence electrons. The maximum atomic E-state index is 8.52. The molecule has 2 heterocycles. The summed E-state index contributed by atoms with van der Waals surface area (Å²) in [5, 5.41) is 19.5. The number of hydrogen-bond acceptors (Lipinski definition) is 8. The molecule has 0 atom stereocenters. The minimum absolute atomic E-state index is 0.00728. The fourth-order valence-corrected chi connectivity index (χ4v) is 3.45. The summed E-state index contributed by atoms with van der Waals surface area (Å²) in [7, 11) is 0. The van der Waals surface area contributed by atoms with Gasteiger partial charge in [0.25, 0.3) is 0 Å². The molecule has 0 aliphatic heterocycles. The van der Waals surface area contributed by atoms with E-state index in [4.69, 9.17) is 10.9 Å². The van der Waals surface area contributed by atoms with Crippen molar-refractivity contribution in [2.45, 2.75) is 13.6 Å². The van der Waals surface area contributed by atoms with Crippen LogP contribution in [0.2, 0.25) is 0 Å². The smallest absolute Gasteiger partial charge is 0.188 e. The van der Waals surface area contributed by atoms with Gasteiger partial charge in [0.2, 0.25) is 0 Å². The highest BCUT2D eigenvalue weighted by Gasteiger charge is 2.06. The van der Waals surface area contributed by atoms with E-state index in [0.29, 0.717) is 5.69 Å². The van der Waals surface area contributed by atoms with Crippen molar-refractivity contribution in [3.05, 3.63) is 24.0 Å². The molecule has 0 aliphatic carbocycles. The van der Waals surface area contributed by atoms with E-state index in [1.165, 1.54) is 23.1 Å². The number of hydrogen-bond donors (Lipinski definition) is 2. The van der Waals surface area contributed by atoms with Gasteiger partial charge in [-0.2, -0.15) is 0 Å². The third-order valence-corrected chi connectivity index (χ3v) is 4.80. The summed E-state index contributed by atoms with van der Waals surface area (Å²) in [6.45, 7) is 0. The Kier molecular flexibility index (Phi) is 4.39. The van der Waals surface area contributed by atoms with Gasteiger partial charge in [-0.05, 0) is 18.4 Å². The van der Waals surface area contributed by atoms with Crippen LogP contribution >= 0.6 is 34.9 Å². The van der Waals surface area contributed by atoms with Crippen LogP contribution in [-0.2, 0) is 0 Å². The first-order chi connectivity index (χ1) is 8.72. The number of nitrogens with two attached hydrogens (primary N) is 1. The fourth-order valence-electron chi connectivity index (χ4n) is 1.07. The van der Waals surface area contributed by atoms with Crippen molar-refractivity contribution in [2.24, 2.45) is 10.9 Å². The Balaban J connectivity index is 2.10. The van der Waals surface area contributed by atoms with Crippen molar-refractivity contribution in [1.82, 2.24) is 15.2 Å². The van der Waals surface area contributed by atoms with Crippen molar-refractivity contribution in [2.75, 3.05) is 6.26 Å². The highest BCUT2D eigenvalue weighted by atomic mass is 32.2. The monoisotopic (exact) mass is 299 g/mol. The Labute approximate surface area is 116 Å². The van der Waals surface area contributed by atoms with E-state index in [1.807, 2.05) is 12.3 Å². The summed E-state index contributed by atoms with van der Waals surface area (Å²) in [6.07, 6.45) is 3.61. The van der Waals surface area contributed by atoms with Crippen LogP contribution in [0.3, 0.4) is 0 Å². The number of pyridine rings is 1. The average molecular weight is 299 g/mol. The average Bonchev–Trinajstić information content (AvgIpc) is 2.86. The largest absolute Gasteiger partial charge is 0.409 e. The van der Waals surface area contributed by atoms with Gasteiger partial charge >= 0.3 is 0 Å². The number of oxime groups is 1. The molecule has 6 nitrogen and oxygen atoms in total. The van der Waals surface area contributed by atoms with Crippen molar-refractivity contribution in [1.29, 1.82) is 0 Å². The van der Waals surface area contributed by atoms with Gasteiger partial charge in [-0.25, -0.2) is 0 Å². The van der Waals surface area contributed by atoms with Gasteiger partial charge in [0, 0.05) is 11.1 Å². The lowest BCUT2D eigenvalue weighted by atomic mass is 10.3. The Morgan fingerprint density at radius 1 is 1.39 bits per heavy atom. The predicted molar refractivity (Wildman–Crippen MR) is 72.6 cm³/mol. The standard InChI is InChI=1S/C9H9N5OS3/c1-16-8-12-13-9(18-8)17-5-2-3-6(11-4-5)7(10)14-15/h2-4,15H,1H3,(H2,10,14). The van der Waals surface area contributed by atoms with E-state index >= 15 is 0 Å². The molecule has 0 aliphatic rings. The summed E-state index contributed by atoms with van der Waals surface area (Å²) in [5.41, 5.74) is 5.86. The molecule has 0 amide bonds. The van der Waals surface area contributed by atoms with Gasteiger partial charge < -0.3 is 10.9 Å². The molecule has 2 rings (SSSR count). The lowest BCUT2D eigenvalue weighted by Gasteiger charge is -1.99. The predicted octanol–water partition coefficient (Wildman–Crippen LogP) is 1.90. The van der Waals surface area contributed by atoms with Gasteiger partial charge in [-0.15, -0.1) is 10.2 Å². The molecular formula is C9H9N5OS3. The normalized spacial score (nSPS) is 11.7. The Hall–Kier alpha value is -1.32. The van der Waals surface area contributed by atoms with Crippen molar-refractivity contribution in [3.63, 3.8) is 0 Å². The molecule has 0 spiro atoms. The Morgan fingerprint density at radius 2 is 2.17 bits per heavy atom. The summed E-state index contributed by atoms with van der Waals surface area (Å²) >= 11 is 4.57. The molecule has 2 aromatic heterocycles. The van der Waals surface area contributed by atoms with Crippen LogP contribution in [0.1, 0.15) is 5.69 Å². The minimum Gasteiger partial charge on any atom is -0.409 e. The topological polar surface area (TPSA) is 97.3 Å². The van der Waals surface area contributed by atoms with E-state index < -0.39 is 0 Å². The van der Waals surface area contributed by atoms with Gasteiger partial charge in [0.15, 0.2) is 14.5 Å². The highest BCUT2D eigenvalue weighted by molar-refractivity contribution is 8.03. The van der Waals surface area contributed by atoms with Gasteiger partial charge in [-0.1, -0.05) is 40.0 Å². The zero-order valence-corrected chi connectivity index (χ0v) is 11.7. The highest BCUT2D eigenvalue weighted by Crippen LogP contribution is 2.32. The molecule has 0 bridgehead atoms. The maximum Gasteiger partial charge on any atom is 0.188 e. The number of nitrogens with zero attached hydrogens (tertiary/aromatic N) is 4. The molecule has 0 unspecified atom stereocenters. The first-order valence-corrected chi connectivity index (χ1v) is 7.58. The van der Waals surface area contributed by atoms with Crippen LogP contribution in [0.25, 0.3) is 0 Å². The minimum atomic E-state index is -0.00728. The van der Waals surface area contributed by atoms with Crippen molar-refractivity contribution in [3.8, 4) is 0 Å². The molecule has 0 radical (unpaired) electrons. The van der Waals surface area contributed by atoms with Gasteiger partial charge in [0.1, 0.15) is 5.69 Å². The second-order valence-corrected chi connectivity index (χ2v) is 6.36. The molecule has 0 aromatic carbocycles. The zero-order valence-electron chi connectivity index (χ0n) is 9.27. The fraction of sp³-hybridized carbons (Fsp3) is 0.111. The molecular weight excluding hydrogens is 290 g/mol. The van der Waals surface area contributed by atoms with Crippen LogP contribution in [0.4, 0.5) is 0 Å². The summed E-state index contributed by atoms with van der Waals surface area (Å²) in [4.78, 5) is 5.01. The lowest BCUT2D eigenvalue weighted by molar-refractivity contribution is 0.318. The number of rotatable bonds is 4. The van der Waals surface area contributed by atoms with Crippen molar-refractivity contribution < 1.29 is 5.21 Å². The van der Waals surface area contributed by atoms with E-state index in [9.17, 15) is 0 Å². The summed E-state index contributed by atoms with van der Waals surface area (Å²) in [6, 6.07) is 3.53. The van der Waals surface area contributed by atoms with E-state index in [2.05, 4.69) is 20.3 Å². The van der Waals surface area contributed by atoms with E-state index in [-0.39, 0.29) is 5.84 Å². The zero-order chi connectivity index (χ0) is 13.0. The van der Waals surface area contributed by atoms with Gasteiger partial charge in [-0.3, -0.25) is 4.98 Å². The van der Waals surface area contributed by atoms with Crippen LogP contribution in [0.5, 0.6) is 0 Å². The van der Waals surface area contributed by atoms with Crippen LogP contribution in [-0.4, -0.2) is 32.5 Å². The number of aromatic nitrogens is 3. The third-order valence-electron chi connectivity index (χ3n) is 1.87. The van der Waals surface area contributed by atoms with Crippen LogP contribution in [0, 0.1) is 0 Å². The first-order valence-electron chi connectivity index (χ1n) is 4.72.